The van der Waals surface area contributed by atoms with Crippen molar-refractivity contribution in [2.75, 3.05) is 0 Å². The maximum atomic E-state index is 6.17. The van der Waals surface area contributed by atoms with Crippen LogP contribution in [0.1, 0.15) is 55.3 Å². The van der Waals surface area contributed by atoms with Gasteiger partial charge in [-0.3, -0.25) is 0 Å². The highest BCUT2D eigenvalue weighted by atomic mass is 15.0. The standard InChI is InChI=1S/C14H20N2/c15-13-9-14(16-10-5-1-2-6-10)12-8-4-3-7-11(12)13/h3-4,7-8,10,13-14,16H,1-2,5-6,9,15H2. The fourth-order valence-corrected chi connectivity index (χ4v) is 3.21. The molecule has 0 aromatic heterocycles. The Morgan fingerprint density at radius 1 is 1.06 bits per heavy atom. The lowest BCUT2D eigenvalue weighted by Gasteiger charge is -2.19. The number of hydrogen-bond acceptors (Lipinski definition) is 2. The minimum Gasteiger partial charge on any atom is -0.324 e. The second kappa shape index (κ2) is 4.19. The molecule has 0 amide bonds. The Morgan fingerprint density at radius 2 is 1.75 bits per heavy atom. The Labute approximate surface area is 97.2 Å². The van der Waals surface area contributed by atoms with Gasteiger partial charge in [-0.1, -0.05) is 37.1 Å². The van der Waals surface area contributed by atoms with Gasteiger partial charge in [0.1, 0.15) is 0 Å². The summed E-state index contributed by atoms with van der Waals surface area (Å²) in [6.07, 6.45) is 6.52. The van der Waals surface area contributed by atoms with E-state index in [9.17, 15) is 0 Å². The highest BCUT2D eigenvalue weighted by molar-refractivity contribution is 5.37. The van der Waals surface area contributed by atoms with Crippen LogP contribution < -0.4 is 11.1 Å². The quantitative estimate of drug-likeness (QED) is 0.797. The van der Waals surface area contributed by atoms with E-state index < -0.39 is 0 Å². The Hall–Kier alpha value is -0.860. The molecule has 16 heavy (non-hydrogen) atoms. The van der Waals surface area contributed by atoms with Gasteiger partial charge in [0, 0.05) is 18.1 Å². The summed E-state index contributed by atoms with van der Waals surface area (Å²) in [5.41, 5.74) is 8.95. The molecule has 0 saturated heterocycles. The lowest BCUT2D eigenvalue weighted by Crippen LogP contribution is -2.29. The SMILES string of the molecule is NC1CC(NC2CCCC2)c2ccccc21. The van der Waals surface area contributed by atoms with Crippen LogP contribution in [-0.4, -0.2) is 6.04 Å². The van der Waals surface area contributed by atoms with Crippen molar-refractivity contribution in [2.45, 2.75) is 50.2 Å². The van der Waals surface area contributed by atoms with E-state index in [0.29, 0.717) is 6.04 Å². The van der Waals surface area contributed by atoms with E-state index in [-0.39, 0.29) is 6.04 Å². The van der Waals surface area contributed by atoms with Crippen molar-refractivity contribution >= 4 is 0 Å². The molecule has 2 unspecified atom stereocenters. The molecule has 2 aliphatic carbocycles. The van der Waals surface area contributed by atoms with Crippen LogP contribution in [0.25, 0.3) is 0 Å². The molecule has 0 heterocycles. The number of hydrogen-bond donors (Lipinski definition) is 2. The summed E-state index contributed by atoms with van der Waals surface area (Å²) in [6, 6.07) is 10.1. The summed E-state index contributed by atoms with van der Waals surface area (Å²) in [4.78, 5) is 0. The molecular weight excluding hydrogens is 196 g/mol. The number of fused-ring (bicyclic) bond motifs is 1. The highest BCUT2D eigenvalue weighted by Gasteiger charge is 2.30. The first kappa shape index (κ1) is 10.3. The van der Waals surface area contributed by atoms with Crippen molar-refractivity contribution in [1.29, 1.82) is 0 Å². The second-order valence-electron chi connectivity index (χ2n) is 5.17. The first-order chi connectivity index (χ1) is 7.84. The molecule has 3 N–H and O–H groups in total. The third kappa shape index (κ3) is 1.76. The molecule has 2 atom stereocenters. The zero-order valence-electron chi connectivity index (χ0n) is 9.65. The van der Waals surface area contributed by atoms with Gasteiger partial charge < -0.3 is 11.1 Å². The van der Waals surface area contributed by atoms with Crippen molar-refractivity contribution in [3.63, 3.8) is 0 Å². The van der Waals surface area contributed by atoms with Crippen molar-refractivity contribution in [1.82, 2.24) is 5.32 Å². The molecule has 2 nitrogen and oxygen atoms in total. The van der Waals surface area contributed by atoms with Crippen molar-refractivity contribution < 1.29 is 0 Å². The second-order valence-corrected chi connectivity index (χ2v) is 5.17. The Bertz CT molecular complexity index is 369. The zero-order valence-corrected chi connectivity index (χ0v) is 9.65. The summed E-state index contributed by atoms with van der Waals surface area (Å²) in [7, 11) is 0. The van der Waals surface area contributed by atoms with Crippen molar-refractivity contribution in [2.24, 2.45) is 5.73 Å². The van der Waals surface area contributed by atoms with Gasteiger partial charge in [-0.25, -0.2) is 0 Å². The molecule has 0 aliphatic heterocycles. The van der Waals surface area contributed by atoms with E-state index in [1.807, 2.05) is 0 Å². The largest absolute Gasteiger partial charge is 0.324 e. The highest BCUT2D eigenvalue weighted by Crippen LogP contribution is 2.38. The normalized spacial score (nSPS) is 29.6. The van der Waals surface area contributed by atoms with Gasteiger partial charge in [-0.15, -0.1) is 0 Å². The van der Waals surface area contributed by atoms with Crippen LogP contribution in [0, 0.1) is 0 Å². The Balaban J connectivity index is 1.77. The minimum atomic E-state index is 0.232. The van der Waals surface area contributed by atoms with Crippen LogP contribution >= 0.6 is 0 Å². The lowest BCUT2D eigenvalue weighted by atomic mass is 10.1. The summed E-state index contributed by atoms with van der Waals surface area (Å²) in [5.74, 6) is 0. The van der Waals surface area contributed by atoms with E-state index in [2.05, 4.69) is 29.6 Å². The number of benzene rings is 1. The Kier molecular flexibility index (Phi) is 2.70. The maximum absolute atomic E-state index is 6.17. The summed E-state index contributed by atoms with van der Waals surface area (Å²) in [6.45, 7) is 0. The van der Waals surface area contributed by atoms with E-state index in [0.717, 1.165) is 12.5 Å². The number of nitrogens with one attached hydrogen (secondary N) is 1. The average molecular weight is 216 g/mol. The van der Waals surface area contributed by atoms with Crippen LogP contribution in [0.2, 0.25) is 0 Å². The fourth-order valence-electron chi connectivity index (χ4n) is 3.21. The van der Waals surface area contributed by atoms with Gasteiger partial charge in [0.25, 0.3) is 0 Å². The van der Waals surface area contributed by atoms with E-state index >= 15 is 0 Å². The minimum absolute atomic E-state index is 0.232. The predicted octanol–water partition coefficient (Wildman–Crippen LogP) is 2.66. The molecule has 1 saturated carbocycles. The average Bonchev–Trinajstić information content (AvgIpc) is 2.90. The van der Waals surface area contributed by atoms with Crippen LogP contribution in [-0.2, 0) is 0 Å². The third-order valence-corrected chi connectivity index (χ3v) is 4.05. The molecule has 1 fully saturated rings. The van der Waals surface area contributed by atoms with Crippen LogP contribution in [0.4, 0.5) is 0 Å². The van der Waals surface area contributed by atoms with Gasteiger partial charge in [-0.05, 0) is 30.4 Å². The Morgan fingerprint density at radius 3 is 2.50 bits per heavy atom. The van der Waals surface area contributed by atoms with Gasteiger partial charge >= 0.3 is 0 Å². The molecule has 1 aromatic rings. The van der Waals surface area contributed by atoms with Crippen LogP contribution in [0.5, 0.6) is 0 Å². The first-order valence-electron chi connectivity index (χ1n) is 6.45. The number of nitrogens with two attached hydrogens (primary N) is 1. The van der Waals surface area contributed by atoms with E-state index in [1.54, 1.807) is 0 Å². The molecule has 1 aromatic carbocycles. The van der Waals surface area contributed by atoms with Crippen LogP contribution in [0.15, 0.2) is 24.3 Å². The van der Waals surface area contributed by atoms with Crippen molar-refractivity contribution in [3.8, 4) is 0 Å². The molecule has 86 valence electrons. The van der Waals surface area contributed by atoms with E-state index in [4.69, 9.17) is 5.73 Å². The van der Waals surface area contributed by atoms with Crippen molar-refractivity contribution in [3.05, 3.63) is 35.4 Å². The fraction of sp³-hybridized carbons (Fsp3) is 0.571. The van der Waals surface area contributed by atoms with Gasteiger partial charge in [0.05, 0.1) is 0 Å². The molecule has 3 rings (SSSR count). The zero-order chi connectivity index (χ0) is 11.0. The maximum Gasteiger partial charge on any atom is 0.0344 e. The number of rotatable bonds is 2. The lowest BCUT2D eigenvalue weighted by molar-refractivity contribution is 0.423. The topological polar surface area (TPSA) is 38.0 Å². The molecule has 2 aliphatic rings. The third-order valence-electron chi connectivity index (χ3n) is 4.05. The summed E-state index contributed by atoms with van der Waals surface area (Å²) < 4.78 is 0. The molecule has 2 heteroatoms. The predicted molar refractivity (Wildman–Crippen MR) is 66.1 cm³/mol. The smallest absolute Gasteiger partial charge is 0.0344 e. The summed E-state index contributed by atoms with van der Waals surface area (Å²) in [5, 5.41) is 3.78. The van der Waals surface area contributed by atoms with Gasteiger partial charge in [0.15, 0.2) is 0 Å². The molecule has 0 spiro atoms. The molecular formula is C14H20N2. The van der Waals surface area contributed by atoms with Gasteiger partial charge in [0.2, 0.25) is 0 Å². The van der Waals surface area contributed by atoms with Gasteiger partial charge in [-0.2, -0.15) is 0 Å². The van der Waals surface area contributed by atoms with Crippen LogP contribution in [0.3, 0.4) is 0 Å². The summed E-state index contributed by atoms with van der Waals surface area (Å²) >= 11 is 0. The first-order valence-corrected chi connectivity index (χ1v) is 6.45. The monoisotopic (exact) mass is 216 g/mol. The molecule has 0 bridgehead atoms. The van der Waals surface area contributed by atoms with E-state index in [1.165, 1.54) is 36.8 Å². The molecule has 0 radical (unpaired) electrons.